The van der Waals surface area contributed by atoms with Gasteiger partial charge < -0.3 is 31.1 Å². The molecule has 8 amide bonds. The third-order valence-corrected chi connectivity index (χ3v) is 29.2. The lowest BCUT2D eigenvalue weighted by Crippen LogP contribution is -2.59. The first-order valence-corrected chi connectivity index (χ1v) is 49.6. The normalized spacial score (nSPS) is 18.7. The first-order valence-electron chi connectivity index (χ1n) is 48.5. The summed E-state index contributed by atoms with van der Waals surface area (Å²) >= 11 is 2.18. The van der Waals surface area contributed by atoms with Gasteiger partial charge in [-0.25, -0.2) is 0 Å². The van der Waals surface area contributed by atoms with Crippen LogP contribution in [0.5, 0.6) is 0 Å². The molecule has 4 N–H and O–H groups in total. The highest BCUT2D eigenvalue weighted by Gasteiger charge is 2.45. The van der Waals surface area contributed by atoms with Crippen molar-refractivity contribution in [3.63, 3.8) is 0 Å². The standard InChI is InChI=1S/C29H32N2O2.C28H42N2O2.C28H36N2O2.C24H31IN2O2/c1-22-13-11-12-20-26(22)29(33)31(25-18-9-4-10-19-25)27(24-16-7-3-8-17-24)28(32)30-21-23-14-5-2-6-15-23;2*1-21-13-11-12-20-25(21)28(32)30(24-18-9-4-10-19-24)26(22-14-5-2-6-15-22)27(31)29-23-16-7-3-8-17-23;1-2-17-27(24(29)20-15-9-10-16-21(20)25)22(18-11-5-3-6-12-18)23(28)26-19-13-7-4-8-14-19/h2,4-6,9-15,18-20,24,27H,3,7-8,16-17,21H2,1H3,(H,30,32);11-13,20,22-24,26H,2-10,14-19H2,1H3,(H,29,31);4,9-13,18-20,22-23,26H,2-3,5-8,14-17H2,1H3,(H,29,31);1,9-10,15-16,18-19,22H,3-8,11-14,17H2,(H,26,28). The topological polar surface area (TPSA) is 198 Å². The van der Waals surface area contributed by atoms with E-state index in [4.69, 9.17) is 6.42 Å². The van der Waals surface area contributed by atoms with Gasteiger partial charge in [0.05, 0.1) is 12.1 Å². The Bertz CT molecular complexity index is 4620. The number of amides is 8. The number of benzene rings is 7. The molecule has 4 unspecified atom stereocenters. The van der Waals surface area contributed by atoms with Crippen molar-refractivity contribution in [2.24, 2.45) is 23.7 Å². The Labute approximate surface area is 766 Å². The molecule has 0 heterocycles. The highest BCUT2D eigenvalue weighted by atomic mass is 127. The van der Waals surface area contributed by atoms with Crippen LogP contribution >= 0.6 is 22.6 Å². The lowest BCUT2D eigenvalue weighted by molar-refractivity contribution is -0.130. The number of halogens is 1. The van der Waals surface area contributed by atoms with Gasteiger partial charge in [-0.05, 0) is 247 Å². The number of nitrogens with zero attached hydrogens (tertiary/aromatic N) is 4. The third-order valence-electron chi connectivity index (χ3n) is 28.3. The lowest BCUT2D eigenvalue weighted by atomic mass is 9.80. The molecule has 8 saturated carbocycles. The fourth-order valence-corrected chi connectivity index (χ4v) is 22.1. The highest BCUT2D eigenvalue weighted by molar-refractivity contribution is 14.1. The summed E-state index contributed by atoms with van der Waals surface area (Å²) in [6.07, 6.45) is 50.2. The average molecular weight is 1820 g/mol. The van der Waals surface area contributed by atoms with E-state index < -0.39 is 18.1 Å². The zero-order valence-electron chi connectivity index (χ0n) is 75.5. The lowest BCUT2D eigenvalue weighted by Gasteiger charge is -2.44. The first kappa shape index (κ1) is 95.7. The molecule has 17 heteroatoms. The molecule has 8 aliphatic carbocycles. The molecule has 7 aromatic rings. The van der Waals surface area contributed by atoms with Gasteiger partial charge in [0.15, 0.2) is 0 Å². The molecule has 15 rings (SSSR count). The summed E-state index contributed by atoms with van der Waals surface area (Å²) in [5.74, 6) is 3.18. The van der Waals surface area contributed by atoms with E-state index in [0.29, 0.717) is 23.2 Å². The number of carbonyl (C=O) groups excluding carboxylic acids is 8. The SMILES string of the molecule is C#CCN(C(=O)c1ccccc1I)C(C(=O)NC1CCCCC1)C1CCCCC1.Cc1ccccc1C(=O)N(C1CCCCC1)C(C(=O)NC1CCCCC1)C1CCCCC1.Cc1ccccc1C(=O)N(c1ccccc1)C(C(=O)NC1CCCCC1)C1CCCCC1.Cc1ccccc1C(=O)N(c1ccccc1)C(C(=O)NCc1ccccc1)C1CCCCC1. The Hall–Kier alpha value is -9.41. The minimum Gasteiger partial charge on any atom is -0.352 e. The Kier molecular flexibility index (Phi) is 38.3. The van der Waals surface area contributed by atoms with Gasteiger partial charge in [-0.1, -0.05) is 293 Å². The van der Waals surface area contributed by atoms with Crippen LogP contribution < -0.4 is 31.1 Å². The second-order valence-corrected chi connectivity index (χ2v) is 38.4. The first-order chi connectivity index (χ1) is 61.6. The number of terminal acetylenes is 1. The van der Waals surface area contributed by atoms with Gasteiger partial charge >= 0.3 is 0 Å². The molecule has 672 valence electrons. The van der Waals surface area contributed by atoms with Crippen molar-refractivity contribution in [3.8, 4) is 12.3 Å². The van der Waals surface area contributed by atoms with Crippen LogP contribution in [-0.2, 0) is 25.7 Å². The fraction of sp³-hybridized carbons (Fsp3) is 0.523. The molecule has 0 saturated heterocycles. The molecule has 0 bridgehead atoms. The Morgan fingerprint density at radius 1 is 0.325 bits per heavy atom. The second-order valence-electron chi connectivity index (χ2n) is 37.2. The van der Waals surface area contributed by atoms with E-state index in [1.54, 1.807) is 14.7 Å². The smallest absolute Gasteiger partial charge is 0.259 e. The minimum atomic E-state index is -0.552. The summed E-state index contributed by atoms with van der Waals surface area (Å²) in [5, 5.41) is 13.2. The van der Waals surface area contributed by atoms with E-state index in [2.05, 4.69) is 54.7 Å². The number of para-hydroxylation sites is 2. The van der Waals surface area contributed by atoms with Crippen molar-refractivity contribution >= 4 is 81.2 Å². The molecule has 0 spiro atoms. The number of hydrogen-bond donors (Lipinski definition) is 4. The monoisotopic (exact) mass is 1820 g/mol. The van der Waals surface area contributed by atoms with E-state index >= 15 is 0 Å². The highest BCUT2D eigenvalue weighted by Crippen LogP contribution is 2.40. The van der Waals surface area contributed by atoms with Gasteiger partial charge in [-0.3, -0.25) is 48.2 Å². The summed E-state index contributed by atoms with van der Waals surface area (Å²) in [6.45, 7) is 6.53. The summed E-state index contributed by atoms with van der Waals surface area (Å²) < 4.78 is 0.882. The fourth-order valence-electron chi connectivity index (χ4n) is 21.4. The van der Waals surface area contributed by atoms with Crippen LogP contribution in [0.3, 0.4) is 0 Å². The predicted octanol–water partition coefficient (Wildman–Crippen LogP) is 22.9. The molecule has 4 atom stereocenters. The molecule has 16 nitrogen and oxygen atoms in total. The van der Waals surface area contributed by atoms with Crippen LogP contribution in [0.2, 0.25) is 0 Å². The maximum absolute atomic E-state index is 14.1. The van der Waals surface area contributed by atoms with Crippen molar-refractivity contribution in [1.82, 2.24) is 31.1 Å². The van der Waals surface area contributed by atoms with Gasteiger partial charge in [-0.2, -0.15) is 0 Å². The largest absolute Gasteiger partial charge is 0.352 e. The summed E-state index contributed by atoms with van der Waals surface area (Å²) in [7, 11) is 0. The number of hydrogen-bond acceptors (Lipinski definition) is 8. The molecule has 0 aromatic heterocycles. The Balaban J connectivity index is 0.000000153. The van der Waals surface area contributed by atoms with Gasteiger partial charge in [0.2, 0.25) is 23.6 Å². The van der Waals surface area contributed by atoms with Crippen molar-refractivity contribution < 1.29 is 38.4 Å². The summed E-state index contributed by atoms with van der Waals surface area (Å²) in [4.78, 5) is 118. The maximum atomic E-state index is 14.1. The number of aryl methyl sites for hydroxylation is 3. The van der Waals surface area contributed by atoms with Crippen molar-refractivity contribution in [3.05, 3.63) is 236 Å². The summed E-state index contributed by atoms with van der Waals surface area (Å²) in [5.41, 5.74) is 8.16. The van der Waals surface area contributed by atoms with Crippen LogP contribution in [0.25, 0.3) is 0 Å². The van der Waals surface area contributed by atoms with Crippen molar-refractivity contribution in [1.29, 1.82) is 0 Å². The van der Waals surface area contributed by atoms with E-state index in [9.17, 15) is 38.4 Å². The van der Waals surface area contributed by atoms with Crippen LogP contribution in [0.4, 0.5) is 11.4 Å². The number of carbonyl (C=O) groups is 8. The third kappa shape index (κ3) is 26.9. The predicted molar refractivity (Wildman–Crippen MR) is 517 cm³/mol. The Morgan fingerprint density at radius 2 is 0.619 bits per heavy atom. The average Bonchev–Trinajstić information content (AvgIpc) is 0.770. The molecule has 8 aliphatic rings. The molecule has 0 radical (unpaired) electrons. The number of anilines is 2. The molecule has 0 aliphatic heterocycles. The molecular formula is C109H141IN8O8. The van der Waals surface area contributed by atoms with Crippen LogP contribution in [0, 0.1) is 60.4 Å². The van der Waals surface area contributed by atoms with E-state index in [0.717, 1.165) is 210 Å². The number of nitrogens with one attached hydrogen (secondary N) is 4. The van der Waals surface area contributed by atoms with Crippen molar-refractivity contribution in [2.75, 3.05) is 16.3 Å². The quantitative estimate of drug-likeness (QED) is 0.0320. The van der Waals surface area contributed by atoms with Crippen LogP contribution in [-0.4, -0.2) is 112 Å². The maximum Gasteiger partial charge on any atom is 0.259 e. The molecule has 8 fully saturated rings. The van der Waals surface area contributed by atoms with E-state index in [1.807, 2.05) is 209 Å². The van der Waals surface area contributed by atoms with E-state index in [1.165, 1.54) is 89.9 Å². The van der Waals surface area contributed by atoms with Gasteiger partial charge in [0.1, 0.15) is 24.2 Å². The second kappa shape index (κ2) is 50.4. The van der Waals surface area contributed by atoms with E-state index in [-0.39, 0.29) is 108 Å². The molecule has 7 aromatic carbocycles. The Morgan fingerprint density at radius 3 is 0.992 bits per heavy atom. The summed E-state index contributed by atoms with van der Waals surface area (Å²) in [6, 6.07) is 59.1. The van der Waals surface area contributed by atoms with Crippen molar-refractivity contribution in [2.45, 2.75) is 332 Å². The minimum absolute atomic E-state index is 0.0154. The molecular weight excluding hydrogens is 1680 g/mol. The van der Waals surface area contributed by atoms with Crippen LogP contribution in [0.1, 0.15) is 321 Å². The zero-order chi connectivity index (χ0) is 88.4. The zero-order valence-corrected chi connectivity index (χ0v) is 77.7. The van der Waals surface area contributed by atoms with Gasteiger partial charge in [0, 0.05) is 62.3 Å². The molecule has 126 heavy (non-hydrogen) atoms. The van der Waals surface area contributed by atoms with Crippen LogP contribution in [0.15, 0.2) is 188 Å². The van der Waals surface area contributed by atoms with Gasteiger partial charge in [0.25, 0.3) is 23.6 Å². The van der Waals surface area contributed by atoms with Gasteiger partial charge in [-0.15, -0.1) is 6.42 Å². The number of rotatable bonds is 25.